The second kappa shape index (κ2) is 2.52. The summed E-state index contributed by atoms with van der Waals surface area (Å²) in [6.45, 7) is -4.42. The summed E-state index contributed by atoms with van der Waals surface area (Å²) in [6, 6.07) is 0. The largest absolute Gasteiger partial charge is 0.0872 e. The minimum Gasteiger partial charge on any atom is -0.0872 e. The third kappa shape index (κ3) is 1.29. The summed E-state index contributed by atoms with van der Waals surface area (Å²) in [4.78, 5) is 2.91. The number of rotatable bonds is 1. The molecule has 0 radical (unpaired) electrons. The lowest BCUT2D eigenvalue weighted by molar-refractivity contribution is -0.104. The summed E-state index contributed by atoms with van der Waals surface area (Å²) >= 11 is 0. The minimum absolute atomic E-state index is 0.0348. The molecule has 0 spiro atoms. The van der Waals surface area contributed by atoms with E-state index in [9.17, 15) is 0 Å². The number of hydrogen-bond donors (Lipinski definition) is 0. The highest BCUT2D eigenvalue weighted by atomic mass is 15.2. The van der Waals surface area contributed by atoms with Crippen LogP contribution in [0.5, 0.6) is 0 Å². The highest BCUT2D eigenvalue weighted by Gasteiger charge is 2.59. The van der Waals surface area contributed by atoms with E-state index in [1.807, 2.05) is 0 Å². The summed E-state index contributed by atoms with van der Waals surface area (Å²) in [5.41, 5.74) is 6.04. The predicted molar refractivity (Wildman–Crippen MR) is 59.3 cm³/mol. The zero-order valence-electron chi connectivity index (χ0n) is 14.7. The zero-order chi connectivity index (χ0) is 15.7. The van der Waals surface area contributed by atoms with Crippen molar-refractivity contribution in [3.8, 4) is 0 Å². The lowest BCUT2D eigenvalue weighted by atomic mass is 9.43. The van der Waals surface area contributed by atoms with E-state index in [1.165, 1.54) is 0 Å². The molecule has 0 amide bonds. The van der Waals surface area contributed by atoms with E-state index in [4.69, 9.17) is 13.8 Å². The molecule has 0 N–H and O–H groups in total. The van der Waals surface area contributed by atoms with Gasteiger partial charge in [-0.15, -0.1) is 0 Å². The first-order valence-corrected chi connectivity index (χ1v) is 5.53. The third-order valence-electron chi connectivity index (χ3n) is 4.30. The van der Waals surface area contributed by atoms with Crippen LogP contribution in [0, 0.1) is 16.7 Å². The molecule has 4 atom stereocenters. The van der Waals surface area contributed by atoms with Crippen molar-refractivity contribution >= 4 is 0 Å². The van der Waals surface area contributed by atoms with Crippen LogP contribution in [0.3, 0.4) is 0 Å². The maximum absolute atomic E-state index is 8.88. The highest BCUT2D eigenvalue weighted by Crippen LogP contribution is 2.67. The first kappa shape index (κ1) is 5.09. The first-order valence-electron chi connectivity index (χ1n) is 8.53. The smallest absolute Gasteiger partial charge is 0.0501 e. The quantitative estimate of drug-likeness (QED) is 0.357. The Balaban J connectivity index is 2.15. The molecule has 82 valence electrons. The predicted octanol–water partition coefficient (Wildman–Crippen LogP) is 4.05. The molecule has 3 heteroatoms. The highest BCUT2D eigenvalue weighted by molar-refractivity contribution is 5.14. The van der Waals surface area contributed by atoms with Gasteiger partial charge in [0.05, 0.1) is 5.54 Å². The van der Waals surface area contributed by atoms with Crippen molar-refractivity contribution in [2.75, 3.05) is 0 Å². The second-order valence-corrected chi connectivity index (χ2v) is 5.98. The summed E-state index contributed by atoms with van der Waals surface area (Å²) in [5, 5.41) is 3.91. The van der Waals surface area contributed by atoms with E-state index in [0.717, 1.165) is 0 Å². The standard InChI is InChI=1S/C12H19N3/c1-10-3-9-4-11(2,6-10)8-12(5-9,7-10)14-15-13/h9H,3-8H2,1-2H3/t9?,10-,11+,12?/i1D3,2D3. The maximum atomic E-state index is 8.88. The van der Waals surface area contributed by atoms with Gasteiger partial charge in [-0.05, 0) is 60.8 Å². The topological polar surface area (TPSA) is 48.8 Å². The molecule has 2 unspecified atom stereocenters. The van der Waals surface area contributed by atoms with Crippen LogP contribution in [0.2, 0.25) is 0 Å². The SMILES string of the molecule is [2H]C([2H])([2H])[C@@]12CC3CC(N=[N+]=[N-])(C1)C[C@](C([2H])([2H])[2H])(C3)C2. The Kier molecular flexibility index (Phi) is 0.855. The normalized spacial score (nSPS) is 64.1. The van der Waals surface area contributed by atoms with Crippen LogP contribution < -0.4 is 0 Å². The second-order valence-electron chi connectivity index (χ2n) is 5.98. The molecule has 4 aliphatic rings. The monoisotopic (exact) mass is 211 g/mol. The average Bonchev–Trinajstić information content (AvgIpc) is 2.23. The molecule has 0 aromatic rings. The van der Waals surface area contributed by atoms with Gasteiger partial charge in [-0.2, -0.15) is 0 Å². The Hall–Kier alpha value is -0.690. The Morgan fingerprint density at radius 3 is 2.40 bits per heavy atom. The third-order valence-corrected chi connectivity index (χ3v) is 4.30. The molecule has 3 nitrogen and oxygen atoms in total. The fraction of sp³-hybridized carbons (Fsp3) is 1.00. The molecule has 15 heavy (non-hydrogen) atoms. The van der Waals surface area contributed by atoms with Crippen LogP contribution in [-0.2, 0) is 0 Å². The molecule has 0 saturated heterocycles. The number of nitrogens with zero attached hydrogens (tertiary/aromatic N) is 3. The van der Waals surface area contributed by atoms with Gasteiger partial charge < -0.3 is 0 Å². The van der Waals surface area contributed by atoms with Gasteiger partial charge in [0.25, 0.3) is 0 Å². The molecule has 0 aliphatic heterocycles. The van der Waals surface area contributed by atoms with E-state index in [-0.39, 0.29) is 12.3 Å². The van der Waals surface area contributed by atoms with Crippen LogP contribution >= 0.6 is 0 Å². The van der Waals surface area contributed by atoms with E-state index < -0.39 is 30.1 Å². The summed E-state index contributed by atoms with van der Waals surface area (Å²) < 4.78 is 47.6. The fourth-order valence-electron chi connectivity index (χ4n) is 4.59. The number of hydrogen-bond acceptors (Lipinski definition) is 1. The van der Waals surface area contributed by atoms with Gasteiger partial charge >= 0.3 is 0 Å². The van der Waals surface area contributed by atoms with Crippen molar-refractivity contribution in [2.24, 2.45) is 21.9 Å². The van der Waals surface area contributed by atoms with Crippen molar-refractivity contribution < 1.29 is 8.22 Å². The van der Waals surface area contributed by atoms with E-state index in [2.05, 4.69) is 10.0 Å². The van der Waals surface area contributed by atoms with Crippen molar-refractivity contribution in [1.29, 1.82) is 0 Å². The molecule has 0 heterocycles. The van der Waals surface area contributed by atoms with Gasteiger partial charge in [0.15, 0.2) is 0 Å². The van der Waals surface area contributed by atoms with Crippen molar-refractivity contribution in [1.82, 2.24) is 0 Å². The molecule has 0 aromatic carbocycles. The van der Waals surface area contributed by atoms with Gasteiger partial charge in [-0.25, -0.2) is 0 Å². The summed E-state index contributed by atoms with van der Waals surface area (Å²) in [5.74, 6) is 0.0348. The van der Waals surface area contributed by atoms with Crippen LogP contribution in [0.1, 0.15) is 60.5 Å². The van der Waals surface area contributed by atoms with Gasteiger partial charge in [0.1, 0.15) is 0 Å². The van der Waals surface area contributed by atoms with Crippen LogP contribution in [0.4, 0.5) is 0 Å². The van der Waals surface area contributed by atoms with Crippen molar-refractivity contribution in [3.05, 3.63) is 10.4 Å². The summed E-state index contributed by atoms with van der Waals surface area (Å²) in [6.07, 6.45) is 2.50. The molecule has 4 bridgehead atoms. The Morgan fingerprint density at radius 1 is 1.20 bits per heavy atom. The van der Waals surface area contributed by atoms with Gasteiger partial charge in [-0.3, -0.25) is 0 Å². The molecule has 4 saturated carbocycles. The van der Waals surface area contributed by atoms with E-state index >= 15 is 0 Å². The van der Waals surface area contributed by atoms with Crippen LogP contribution in [0.25, 0.3) is 10.4 Å². The Labute approximate surface area is 99.3 Å². The van der Waals surface area contributed by atoms with E-state index in [1.54, 1.807) is 0 Å². The maximum Gasteiger partial charge on any atom is 0.0501 e. The molecular formula is C12H19N3. The van der Waals surface area contributed by atoms with Crippen LogP contribution in [0.15, 0.2) is 5.11 Å². The van der Waals surface area contributed by atoms with Gasteiger partial charge in [0.2, 0.25) is 0 Å². The molecular weight excluding hydrogens is 186 g/mol. The summed E-state index contributed by atoms with van der Waals surface area (Å²) in [7, 11) is 0. The minimum atomic E-state index is -2.21. The molecule has 4 fully saturated rings. The fourth-order valence-corrected chi connectivity index (χ4v) is 4.59. The average molecular weight is 211 g/mol. The molecule has 4 rings (SSSR count). The Bertz CT molecular complexity index is 488. The number of azide groups is 1. The van der Waals surface area contributed by atoms with Gasteiger partial charge in [0, 0.05) is 13.1 Å². The Morgan fingerprint density at radius 2 is 1.87 bits per heavy atom. The van der Waals surface area contributed by atoms with E-state index in [0.29, 0.717) is 32.1 Å². The molecule has 4 aliphatic carbocycles. The lowest BCUT2D eigenvalue weighted by Crippen LogP contribution is -2.57. The lowest BCUT2D eigenvalue weighted by Gasteiger charge is -2.64. The zero-order valence-corrected chi connectivity index (χ0v) is 8.66. The molecule has 0 aromatic heterocycles. The van der Waals surface area contributed by atoms with Crippen molar-refractivity contribution in [3.63, 3.8) is 0 Å². The van der Waals surface area contributed by atoms with Gasteiger partial charge in [-0.1, -0.05) is 18.8 Å². The van der Waals surface area contributed by atoms with Crippen LogP contribution in [-0.4, -0.2) is 5.54 Å². The van der Waals surface area contributed by atoms with Crippen molar-refractivity contribution in [2.45, 2.75) is 57.8 Å². The first-order chi connectivity index (χ1) is 9.47.